The molecule has 0 atom stereocenters. The minimum Gasteiger partial charge on any atom is -0.493 e. The molecule has 166 valence electrons. The lowest BCUT2D eigenvalue weighted by molar-refractivity contribution is 0.320. The number of benzene rings is 2. The summed E-state index contributed by atoms with van der Waals surface area (Å²) < 4.78 is 16.6. The number of oxazole rings is 2. The molecule has 2 aromatic carbocycles. The number of hydrogen-bond acceptors (Lipinski definition) is 6. The maximum atomic E-state index is 11.1. The molecule has 2 aromatic heterocycles. The van der Waals surface area contributed by atoms with Gasteiger partial charge in [-0.25, -0.2) is 9.78 Å². The van der Waals surface area contributed by atoms with Gasteiger partial charge in [0.2, 0.25) is 11.8 Å². The molecular formula is C25H26N2O5. The third-order valence-corrected chi connectivity index (χ3v) is 5.26. The molecule has 0 fully saturated rings. The van der Waals surface area contributed by atoms with Gasteiger partial charge in [0.15, 0.2) is 5.76 Å². The van der Waals surface area contributed by atoms with Crippen LogP contribution in [0, 0.1) is 13.8 Å². The van der Waals surface area contributed by atoms with E-state index in [0.717, 1.165) is 41.2 Å². The second-order valence-electron chi connectivity index (χ2n) is 7.77. The summed E-state index contributed by atoms with van der Waals surface area (Å²) in [5, 5.41) is 9.54. The number of H-pyrrole nitrogens is 1. The van der Waals surface area contributed by atoms with Gasteiger partial charge in [0.1, 0.15) is 11.5 Å². The molecule has 0 saturated carbocycles. The molecule has 0 aliphatic rings. The van der Waals surface area contributed by atoms with E-state index in [9.17, 15) is 9.90 Å². The van der Waals surface area contributed by atoms with Crippen molar-refractivity contribution in [2.24, 2.45) is 0 Å². The zero-order valence-corrected chi connectivity index (χ0v) is 18.2. The van der Waals surface area contributed by atoms with Crippen molar-refractivity contribution in [2.75, 3.05) is 6.61 Å². The highest BCUT2D eigenvalue weighted by molar-refractivity contribution is 5.54. The van der Waals surface area contributed by atoms with Crippen molar-refractivity contribution in [3.8, 4) is 23.1 Å². The minimum absolute atomic E-state index is 0.188. The van der Waals surface area contributed by atoms with Crippen molar-refractivity contribution in [3.63, 3.8) is 0 Å². The first kappa shape index (κ1) is 21.5. The number of aryl methyl sites for hydroxylation is 4. The number of hydrogen-bond donors (Lipinski definition) is 2. The molecule has 32 heavy (non-hydrogen) atoms. The molecular weight excluding hydrogens is 408 g/mol. The summed E-state index contributed by atoms with van der Waals surface area (Å²) in [6.07, 6.45) is 2.70. The van der Waals surface area contributed by atoms with Gasteiger partial charge in [0.05, 0.1) is 12.3 Å². The number of ether oxygens (including phenoxy) is 1. The third-order valence-electron chi connectivity index (χ3n) is 5.26. The minimum atomic E-state index is -0.633. The number of aromatic hydroxyl groups is 1. The summed E-state index contributed by atoms with van der Waals surface area (Å²) in [5.74, 6) is 1.72. The zero-order chi connectivity index (χ0) is 22.5. The maximum absolute atomic E-state index is 11.1. The van der Waals surface area contributed by atoms with Gasteiger partial charge in [0.25, 0.3) is 0 Å². The monoisotopic (exact) mass is 434 g/mol. The quantitative estimate of drug-likeness (QED) is 0.394. The summed E-state index contributed by atoms with van der Waals surface area (Å²) in [5.41, 5.74) is 4.19. The lowest BCUT2D eigenvalue weighted by Crippen LogP contribution is -2.03. The van der Waals surface area contributed by atoms with Gasteiger partial charge < -0.3 is 18.7 Å². The molecule has 0 aliphatic carbocycles. The zero-order valence-electron chi connectivity index (χ0n) is 18.2. The van der Waals surface area contributed by atoms with E-state index >= 15 is 0 Å². The lowest BCUT2D eigenvalue weighted by atomic mass is 10.1. The van der Waals surface area contributed by atoms with Crippen LogP contribution in [-0.2, 0) is 19.3 Å². The van der Waals surface area contributed by atoms with Gasteiger partial charge in [-0.05, 0) is 56.5 Å². The second-order valence-corrected chi connectivity index (χ2v) is 7.77. The normalized spacial score (nSPS) is 11.1. The largest absolute Gasteiger partial charge is 0.493 e. The van der Waals surface area contributed by atoms with Gasteiger partial charge in [-0.15, -0.1) is 0 Å². The smallest absolute Gasteiger partial charge is 0.419 e. The highest BCUT2D eigenvalue weighted by Crippen LogP contribution is 2.23. The molecule has 4 rings (SSSR count). The summed E-state index contributed by atoms with van der Waals surface area (Å²) in [4.78, 5) is 17.9. The SMILES string of the molecule is Cc1cccc(-c2nc(CCOc3ccc(CCCc4oc(=O)[nH]c4O)cc3)c(C)o2)c1. The fourth-order valence-electron chi connectivity index (χ4n) is 3.55. The van der Waals surface area contributed by atoms with Crippen molar-refractivity contribution < 1.29 is 18.7 Å². The van der Waals surface area contributed by atoms with Gasteiger partial charge in [-0.3, -0.25) is 4.98 Å². The predicted molar refractivity (Wildman–Crippen MR) is 120 cm³/mol. The fraction of sp³-hybridized carbons (Fsp3) is 0.280. The summed E-state index contributed by atoms with van der Waals surface area (Å²) in [7, 11) is 0. The van der Waals surface area contributed by atoms with Crippen molar-refractivity contribution in [3.05, 3.63) is 87.4 Å². The average molecular weight is 434 g/mol. The average Bonchev–Trinajstić information content (AvgIpc) is 3.30. The molecule has 0 radical (unpaired) electrons. The summed E-state index contributed by atoms with van der Waals surface area (Å²) in [6, 6.07) is 16.0. The Hall–Kier alpha value is -3.74. The van der Waals surface area contributed by atoms with Crippen LogP contribution >= 0.6 is 0 Å². The Morgan fingerprint density at radius 1 is 1.03 bits per heavy atom. The third kappa shape index (κ3) is 5.29. The Morgan fingerprint density at radius 3 is 2.56 bits per heavy atom. The Bertz CT molecular complexity index is 1230. The van der Waals surface area contributed by atoms with Crippen LogP contribution in [0.4, 0.5) is 0 Å². The van der Waals surface area contributed by atoms with Crippen molar-refractivity contribution >= 4 is 0 Å². The lowest BCUT2D eigenvalue weighted by Gasteiger charge is -2.06. The van der Waals surface area contributed by atoms with E-state index in [1.54, 1.807) is 0 Å². The van der Waals surface area contributed by atoms with E-state index in [-0.39, 0.29) is 5.88 Å². The maximum Gasteiger partial charge on any atom is 0.419 e. The first-order chi connectivity index (χ1) is 15.5. The molecule has 2 N–H and O–H groups in total. The first-order valence-corrected chi connectivity index (χ1v) is 10.6. The standard InChI is InChI=1S/C25H26N2O5/c1-16-5-3-7-19(15-16)24-26-21(17(2)31-24)13-14-30-20-11-9-18(10-12-20)6-4-8-22-23(28)27-25(29)32-22/h3,5,7,9-12,15,28H,4,6,8,13-14H2,1-2H3,(H,27,29). The summed E-state index contributed by atoms with van der Waals surface area (Å²) >= 11 is 0. The molecule has 0 aliphatic heterocycles. The van der Waals surface area contributed by atoms with E-state index in [2.05, 4.69) is 16.0 Å². The first-order valence-electron chi connectivity index (χ1n) is 10.6. The van der Waals surface area contributed by atoms with Gasteiger partial charge in [-0.1, -0.05) is 29.8 Å². The number of aromatic amines is 1. The highest BCUT2D eigenvalue weighted by Gasteiger charge is 2.12. The topological polar surface area (TPSA) is 101 Å². The molecule has 0 saturated heterocycles. The number of aromatic nitrogens is 2. The van der Waals surface area contributed by atoms with Gasteiger partial charge >= 0.3 is 5.76 Å². The van der Waals surface area contributed by atoms with E-state index in [0.29, 0.717) is 31.1 Å². The predicted octanol–water partition coefficient (Wildman–Crippen LogP) is 4.74. The van der Waals surface area contributed by atoms with Crippen molar-refractivity contribution in [2.45, 2.75) is 39.5 Å². The molecule has 7 nitrogen and oxygen atoms in total. The van der Waals surface area contributed by atoms with E-state index < -0.39 is 5.76 Å². The van der Waals surface area contributed by atoms with Crippen LogP contribution in [0.15, 0.2) is 62.2 Å². The Labute approximate surface area is 185 Å². The van der Waals surface area contributed by atoms with Crippen molar-refractivity contribution in [1.82, 2.24) is 9.97 Å². The Balaban J connectivity index is 1.26. The number of nitrogens with one attached hydrogen (secondary N) is 1. The molecule has 0 bridgehead atoms. The van der Waals surface area contributed by atoms with E-state index in [1.165, 1.54) is 5.56 Å². The van der Waals surface area contributed by atoms with E-state index in [4.69, 9.17) is 13.6 Å². The van der Waals surface area contributed by atoms with Crippen LogP contribution in [0.5, 0.6) is 11.6 Å². The van der Waals surface area contributed by atoms with Crippen LogP contribution in [0.1, 0.15) is 34.8 Å². The number of nitrogens with zero attached hydrogens (tertiary/aromatic N) is 1. The van der Waals surface area contributed by atoms with Gasteiger partial charge in [0, 0.05) is 18.4 Å². The molecule has 7 heteroatoms. The molecule has 0 amide bonds. The van der Waals surface area contributed by atoms with Crippen LogP contribution < -0.4 is 10.5 Å². The molecule has 2 heterocycles. The van der Waals surface area contributed by atoms with E-state index in [1.807, 2.05) is 56.3 Å². The molecule has 0 unspecified atom stereocenters. The summed E-state index contributed by atoms with van der Waals surface area (Å²) in [6.45, 7) is 4.48. The van der Waals surface area contributed by atoms with Crippen LogP contribution in [0.25, 0.3) is 11.5 Å². The van der Waals surface area contributed by atoms with Crippen LogP contribution in [0.3, 0.4) is 0 Å². The van der Waals surface area contributed by atoms with Crippen LogP contribution in [-0.4, -0.2) is 21.7 Å². The Morgan fingerprint density at radius 2 is 1.84 bits per heavy atom. The highest BCUT2D eigenvalue weighted by atomic mass is 16.5. The van der Waals surface area contributed by atoms with Crippen molar-refractivity contribution in [1.29, 1.82) is 0 Å². The fourth-order valence-corrected chi connectivity index (χ4v) is 3.55. The second kappa shape index (κ2) is 9.60. The van der Waals surface area contributed by atoms with Gasteiger partial charge in [-0.2, -0.15) is 0 Å². The van der Waals surface area contributed by atoms with Crippen LogP contribution in [0.2, 0.25) is 0 Å². The Kier molecular flexibility index (Phi) is 6.44. The molecule has 0 spiro atoms. The number of rotatable bonds is 9. The molecule has 4 aromatic rings.